The molecule has 3 aliphatic carbocycles. The Bertz CT molecular complexity index is 2630. The summed E-state index contributed by atoms with van der Waals surface area (Å²) in [5.41, 5.74) is 5.24. The van der Waals surface area contributed by atoms with E-state index >= 15 is 0 Å². The Kier molecular flexibility index (Phi) is 14.3. The molecule has 8 atom stereocenters. The van der Waals surface area contributed by atoms with E-state index in [0.717, 1.165) is 48.8 Å². The van der Waals surface area contributed by atoms with E-state index in [9.17, 15) is 24.3 Å². The molecule has 2 saturated carbocycles. The minimum absolute atomic E-state index is 0.00908. The number of esters is 2. The molecule has 5 aliphatic rings. The largest absolute Gasteiger partial charge is 0.460 e. The molecule has 2 amide bonds. The van der Waals surface area contributed by atoms with Crippen molar-refractivity contribution in [3.8, 4) is 0 Å². The van der Waals surface area contributed by atoms with E-state index in [-0.39, 0.29) is 49.3 Å². The van der Waals surface area contributed by atoms with Gasteiger partial charge in [0.1, 0.15) is 23.9 Å². The van der Waals surface area contributed by atoms with Gasteiger partial charge in [0, 0.05) is 41.6 Å². The maximum atomic E-state index is 14.4. The van der Waals surface area contributed by atoms with Crippen LogP contribution in [0.4, 0.5) is 0 Å². The van der Waals surface area contributed by atoms with Gasteiger partial charge in [0.2, 0.25) is 11.7 Å². The second kappa shape index (κ2) is 20.3. The molecule has 4 aromatic rings. The summed E-state index contributed by atoms with van der Waals surface area (Å²) < 4.78 is 32.0. The SMILES string of the molecule is CC(C)(C)OC(=O)CC[C@@H](CO)NC(=O)c1cccc(CNC(=O)C2=C[C@H]3OC(c4ccccc4)(c4ccccc4)O[C@H]3[C@H](OC(=O)c3cccc(C=C4CCC5O[C@]5(C)CC[C@@H]5[C@@H]4CC5(C)C)c3)C2)c1. The molecule has 12 heteroatoms. The molecule has 4 aromatic carbocycles. The summed E-state index contributed by atoms with van der Waals surface area (Å²) >= 11 is 0. The second-order valence-electron chi connectivity index (χ2n) is 22.0. The van der Waals surface area contributed by atoms with Crippen molar-refractivity contribution in [1.29, 1.82) is 0 Å². The molecule has 0 spiro atoms. The number of fused-ring (bicyclic) bond motifs is 3. The van der Waals surface area contributed by atoms with Crippen molar-refractivity contribution < 1.29 is 48.0 Å². The fourth-order valence-corrected chi connectivity index (χ4v) is 11.3. The number of aliphatic hydroxyl groups is 1. The van der Waals surface area contributed by atoms with Gasteiger partial charge in [-0.3, -0.25) is 14.4 Å². The summed E-state index contributed by atoms with van der Waals surface area (Å²) in [5, 5.41) is 15.8. The number of aliphatic hydroxyl groups excluding tert-OH is 1. The molecule has 3 N–H and O–H groups in total. The molecule has 374 valence electrons. The quantitative estimate of drug-likeness (QED) is 0.0820. The summed E-state index contributed by atoms with van der Waals surface area (Å²) in [4.78, 5) is 54.3. The maximum absolute atomic E-state index is 14.4. The van der Waals surface area contributed by atoms with Crippen LogP contribution in [0, 0.1) is 17.3 Å². The number of hydrogen-bond acceptors (Lipinski definition) is 10. The highest BCUT2D eigenvalue weighted by atomic mass is 16.8. The molecule has 0 bridgehead atoms. The molecule has 0 aromatic heterocycles. The molecule has 9 rings (SSSR count). The highest BCUT2D eigenvalue weighted by Gasteiger charge is 2.57. The van der Waals surface area contributed by atoms with Gasteiger partial charge in [-0.15, -0.1) is 0 Å². The molecule has 12 nitrogen and oxygen atoms in total. The molecular formula is C59H68N2O10. The van der Waals surface area contributed by atoms with E-state index in [1.807, 2.05) is 78.9 Å². The number of allylic oxidation sites excluding steroid dienone is 1. The fourth-order valence-electron chi connectivity index (χ4n) is 11.3. The average Bonchev–Trinajstić information content (AvgIpc) is 3.81. The zero-order chi connectivity index (χ0) is 50.1. The lowest BCUT2D eigenvalue weighted by Gasteiger charge is -2.53. The van der Waals surface area contributed by atoms with E-state index in [1.54, 1.807) is 57.2 Å². The van der Waals surface area contributed by atoms with Gasteiger partial charge in [0.05, 0.1) is 29.9 Å². The minimum Gasteiger partial charge on any atom is -0.460 e. The highest BCUT2D eigenvalue weighted by molar-refractivity contribution is 5.95. The van der Waals surface area contributed by atoms with Crippen LogP contribution in [-0.4, -0.2) is 77.1 Å². The zero-order valence-corrected chi connectivity index (χ0v) is 41.8. The predicted octanol–water partition coefficient (Wildman–Crippen LogP) is 9.53. The van der Waals surface area contributed by atoms with Crippen molar-refractivity contribution in [2.75, 3.05) is 6.61 Å². The number of benzene rings is 4. The monoisotopic (exact) mass is 964 g/mol. The Morgan fingerprint density at radius 2 is 1.54 bits per heavy atom. The minimum atomic E-state index is -1.36. The van der Waals surface area contributed by atoms with Gasteiger partial charge < -0.3 is 39.4 Å². The fraction of sp³-hybridized carbons (Fsp3) is 0.458. The number of epoxide rings is 1. The Morgan fingerprint density at radius 3 is 2.23 bits per heavy atom. The standard InChI is InChI=1S/C59H68N2O10/c1-56(2,3)70-51(63)26-24-45(36-62)61-54(65)40-17-14-16-38(31-40)35-60-53(64)42-32-48(52-49(33-42)68-59(71-52,43-19-9-7-10-20-43)44-21-11-8-12-22-44)67-55(66)41-18-13-15-37(30-41)29-39-23-25-50-58(6,69-50)28-27-47-46(39)34-57(47,4)5/h7-22,29-31,33,45-50,52,62H,23-28,32,34-36H2,1-6H3,(H,60,64)(H,61,65)/t45-,46+,47+,48+,49+,50?,52-,58+/m0/s1. The van der Waals surface area contributed by atoms with Crippen LogP contribution in [0.15, 0.2) is 126 Å². The van der Waals surface area contributed by atoms with Crippen molar-refractivity contribution in [2.24, 2.45) is 17.3 Å². The Morgan fingerprint density at radius 1 is 0.831 bits per heavy atom. The van der Waals surface area contributed by atoms with Gasteiger partial charge in [-0.05, 0) is 125 Å². The van der Waals surface area contributed by atoms with Crippen LogP contribution in [0.5, 0.6) is 0 Å². The summed E-state index contributed by atoms with van der Waals surface area (Å²) in [6, 6.07) is 33.0. The summed E-state index contributed by atoms with van der Waals surface area (Å²) in [5.74, 6) is -2.04. The van der Waals surface area contributed by atoms with E-state index < -0.39 is 53.6 Å². The third kappa shape index (κ3) is 11.3. The van der Waals surface area contributed by atoms with E-state index in [2.05, 4.69) is 37.5 Å². The Labute approximate surface area is 417 Å². The Balaban J connectivity index is 0.930. The van der Waals surface area contributed by atoms with Crippen molar-refractivity contribution in [3.63, 3.8) is 0 Å². The topological polar surface area (TPSA) is 162 Å². The third-order valence-electron chi connectivity index (χ3n) is 15.1. The number of rotatable bonds is 14. The van der Waals surface area contributed by atoms with Crippen LogP contribution in [-0.2, 0) is 45.6 Å². The first kappa shape index (κ1) is 50.0. The number of ether oxygens (including phenoxy) is 5. The van der Waals surface area contributed by atoms with Crippen LogP contribution in [0.25, 0.3) is 6.08 Å². The highest BCUT2D eigenvalue weighted by Crippen LogP contribution is 2.60. The van der Waals surface area contributed by atoms with E-state index in [1.165, 1.54) is 5.57 Å². The first-order valence-corrected chi connectivity index (χ1v) is 25.3. The van der Waals surface area contributed by atoms with Gasteiger partial charge >= 0.3 is 11.9 Å². The first-order chi connectivity index (χ1) is 33.9. The third-order valence-corrected chi connectivity index (χ3v) is 15.1. The smallest absolute Gasteiger partial charge is 0.338 e. The van der Waals surface area contributed by atoms with Crippen molar-refractivity contribution >= 4 is 29.8 Å². The molecule has 2 saturated heterocycles. The van der Waals surface area contributed by atoms with Gasteiger partial charge in [-0.1, -0.05) is 110 Å². The lowest BCUT2D eigenvalue weighted by atomic mass is 9.52. The number of nitrogens with one attached hydrogen (secondary N) is 2. The van der Waals surface area contributed by atoms with E-state index in [0.29, 0.717) is 40.2 Å². The van der Waals surface area contributed by atoms with Gasteiger partial charge in [-0.2, -0.15) is 0 Å². The Hall–Kier alpha value is -5.92. The number of amides is 2. The predicted molar refractivity (Wildman–Crippen MR) is 269 cm³/mol. The van der Waals surface area contributed by atoms with Crippen LogP contribution >= 0.6 is 0 Å². The summed E-state index contributed by atoms with van der Waals surface area (Å²) in [6.45, 7) is 12.1. The van der Waals surface area contributed by atoms with Crippen LogP contribution in [0.2, 0.25) is 0 Å². The molecular weight excluding hydrogens is 897 g/mol. The van der Waals surface area contributed by atoms with Crippen LogP contribution in [0.1, 0.15) is 136 Å². The molecule has 2 aliphatic heterocycles. The van der Waals surface area contributed by atoms with Gasteiger partial charge in [-0.25, -0.2) is 4.79 Å². The lowest BCUT2D eigenvalue weighted by Crippen LogP contribution is -2.45. The number of carbonyl (C=O) groups is 4. The maximum Gasteiger partial charge on any atom is 0.338 e. The van der Waals surface area contributed by atoms with Crippen LogP contribution < -0.4 is 10.6 Å². The molecule has 1 unspecified atom stereocenters. The summed E-state index contributed by atoms with van der Waals surface area (Å²) in [7, 11) is 0. The van der Waals surface area contributed by atoms with Gasteiger partial charge in [0.25, 0.3) is 5.91 Å². The molecule has 4 fully saturated rings. The first-order valence-electron chi connectivity index (χ1n) is 25.3. The molecule has 2 heterocycles. The number of hydrogen-bond donors (Lipinski definition) is 3. The second-order valence-corrected chi connectivity index (χ2v) is 22.0. The average molecular weight is 965 g/mol. The lowest BCUT2D eigenvalue weighted by molar-refractivity contribution is -0.157. The molecule has 0 radical (unpaired) electrons. The van der Waals surface area contributed by atoms with E-state index in [4.69, 9.17) is 23.7 Å². The number of carbonyl (C=O) groups excluding carboxylic acids is 4. The van der Waals surface area contributed by atoms with Crippen molar-refractivity contribution in [1.82, 2.24) is 10.6 Å². The van der Waals surface area contributed by atoms with Crippen molar-refractivity contribution in [2.45, 2.75) is 147 Å². The van der Waals surface area contributed by atoms with Crippen LogP contribution in [0.3, 0.4) is 0 Å². The van der Waals surface area contributed by atoms with Crippen molar-refractivity contribution in [3.05, 3.63) is 160 Å². The van der Waals surface area contributed by atoms with Gasteiger partial charge in [0.15, 0.2) is 0 Å². The molecule has 71 heavy (non-hydrogen) atoms. The normalized spacial score (nSPS) is 27.1. The zero-order valence-electron chi connectivity index (χ0n) is 41.8. The summed E-state index contributed by atoms with van der Waals surface area (Å²) in [6.07, 6.45) is 7.51.